The highest BCUT2D eigenvalue weighted by Crippen LogP contribution is 2.24. The zero-order valence-corrected chi connectivity index (χ0v) is 19.0. The van der Waals surface area contributed by atoms with Crippen molar-refractivity contribution in [2.45, 2.75) is 13.5 Å². The van der Waals surface area contributed by atoms with Gasteiger partial charge in [-0.05, 0) is 55.9 Å². The van der Waals surface area contributed by atoms with Crippen LogP contribution in [0.2, 0.25) is 0 Å². The molecule has 0 aliphatic carbocycles. The molecular formula is C25H29N5O3. The first-order valence-corrected chi connectivity index (χ1v) is 11.1. The van der Waals surface area contributed by atoms with Crippen molar-refractivity contribution in [3.63, 3.8) is 0 Å². The third-order valence-electron chi connectivity index (χ3n) is 5.74. The number of amides is 1. The number of aryl methyl sites for hydroxylation is 1. The van der Waals surface area contributed by atoms with E-state index in [9.17, 15) is 9.59 Å². The number of carbonyl (C=O) groups is 1. The molecule has 0 spiro atoms. The van der Waals surface area contributed by atoms with Gasteiger partial charge in [0.1, 0.15) is 18.1 Å². The van der Waals surface area contributed by atoms with E-state index >= 15 is 0 Å². The van der Waals surface area contributed by atoms with Crippen molar-refractivity contribution in [2.24, 2.45) is 0 Å². The van der Waals surface area contributed by atoms with Crippen LogP contribution >= 0.6 is 0 Å². The van der Waals surface area contributed by atoms with Gasteiger partial charge < -0.3 is 19.9 Å². The van der Waals surface area contributed by atoms with Gasteiger partial charge in [-0.25, -0.2) is 4.68 Å². The van der Waals surface area contributed by atoms with Gasteiger partial charge in [0, 0.05) is 43.6 Å². The van der Waals surface area contributed by atoms with E-state index < -0.39 is 0 Å². The number of benzene rings is 2. The summed E-state index contributed by atoms with van der Waals surface area (Å²) in [5.41, 5.74) is 2.76. The number of ether oxygens (including phenoxy) is 1. The molecule has 8 nitrogen and oxygen atoms in total. The highest BCUT2D eigenvalue weighted by atomic mass is 16.5. The minimum absolute atomic E-state index is 0.178. The second kappa shape index (κ2) is 10.3. The van der Waals surface area contributed by atoms with Gasteiger partial charge in [0.05, 0.1) is 6.54 Å². The van der Waals surface area contributed by atoms with Crippen LogP contribution < -0.4 is 20.5 Å². The monoisotopic (exact) mass is 447 g/mol. The first-order chi connectivity index (χ1) is 16.0. The summed E-state index contributed by atoms with van der Waals surface area (Å²) >= 11 is 0. The fourth-order valence-electron chi connectivity index (χ4n) is 3.73. The Hall–Kier alpha value is -3.65. The first-order valence-electron chi connectivity index (χ1n) is 11.1. The number of aromatic nitrogens is 2. The maximum absolute atomic E-state index is 12.8. The van der Waals surface area contributed by atoms with Gasteiger partial charge >= 0.3 is 0 Å². The van der Waals surface area contributed by atoms with E-state index in [0.717, 1.165) is 48.9 Å². The first kappa shape index (κ1) is 22.5. The van der Waals surface area contributed by atoms with Crippen molar-refractivity contribution in [3.05, 3.63) is 82.3 Å². The molecule has 0 bridgehead atoms. The number of hydrogen-bond donors (Lipinski definition) is 1. The van der Waals surface area contributed by atoms with Gasteiger partial charge in [0.2, 0.25) is 0 Å². The highest BCUT2D eigenvalue weighted by molar-refractivity contribution is 6.03. The summed E-state index contributed by atoms with van der Waals surface area (Å²) in [6.07, 6.45) is 0. The Kier molecular flexibility index (Phi) is 7.04. The Morgan fingerprint density at radius 2 is 1.79 bits per heavy atom. The molecule has 0 atom stereocenters. The molecule has 1 N–H and O–H groups in total. The Balaban J connectivity index is 1.39. The second-order valence-electron chi connectivity index (χ2n) is 8.19. The normalized spacial score (nSPS) is 14.2. The smallest absolute Gasteiger partial charge is 0.276 e. The molecule has 1 aliphatic heterocycles. The third-order valence-corrected chi connectivity index (χ3v) is 5.74. The number of hydrogen-bond acceptors (Lipinski definition) is 6. The van der Waals surface area contributed by atoms with Gasteiger partial charge in [-0.2, -0.15) is 5.10 Å². The average molecular weight is 448 g/mol. The van der Waals surface area contributed by atoms with Crippen molar-refractivity contribution in [2.75, 3.05) is 50.1 Å². The SMILES string of the molecule is Cc1cc(N2CCN(C)CC2)ccc1NC(=O)c1ccc(=O)n(CCOc2ccccc2)n1. The molecule has 4 rings (SSSR count). The lowest BCUT2D eigenvalue weighted by Crippen LogP contribution is -2.44. The van der Waals surface area contributed by atoms with Gasteiger partial charge in [-0.15, -0.1) is 0 Å². The average Bonchev–Trinajstić information content (AvgIpc) is 2.82. The van der Waals surface area contributed by atoms with E-state index in [4.69, 9.17) is 4.74 Å². The van der Waals surface area contributed by atoms with E-state index in [1.807, 2.05) is 49.4 Å². The third kappa shape index (κ3) is 5.78. The summed E-state index contributed by atoms with van der Waals surface area (Å²) in [6.45, 7) is 6.54. The zero-order valence-electron chi connectivity index (χ0n) is 19.0. The van der Waals surface area contributed by atoms with E-state index in [-0.39, 0.29) is 30.3 Å². The van der Waals surface area contributed by atoms with Gasteiger partial charge in [0.25, 0.3) is 11.5 Å². The molecule has 0 radical (unpaired) electrons. The van der Waals surface area contributed by atoms with Crippen molar-refractivity contribution in [1.29, 1.82) is 0 Å². The number of para-hydroxylation sites is 1. The molecule has 0 saturated carbocycles. The Labute approximate surface area is 193 Å². The van der Waals surface area contributed by atoms with Crippen LogP contribution in [0.1, 0.15) is 16.1 Å². The molecule has 1 aromatic heterocycles. The van der Waals surface area contributed by atoms with Crippen LogP contribution in [0.3, 0.4) is 0 Å². The quantitative estimate of drug-likeness (QED) is 0.600. The van der Waals surface area contributed by atoms with Crippen LogP contribution in [-0.2, 0) is 6.54 Å². The van der Waals surface area contributed by atoms with E-state index in [0.29, 0.717) is 0 Å². The minimum Gasteiger partial charge on any atom is -0.492 e. The number of rotatable bonds is 7. The van der Waals surface area contributed by atoms with E-state index in [2.05, 4.69) is 33.3 Å². The summed E-state index contributed by atoms with van der Waals surface area (Å²) in [6, 6.07) is 18.2. The number of nitrogens with one attached hydrogen (secondary N) is 1. The maximum atomic E-state index is 12.8. The van der Waals surface area contributed by atoms with Crippen LogP contribution in [0.4, 0.5) is 11.4 Å². The molecule has 2 aromatic carbocycles. The van der Waals surface area contributed by atoms with E-state index in [1.165, 1.54) is 16.8 Å². The molecule has 3 aromatic rings. The van der Waals surface area contributed by atoms with Crippen LogP contribution in [0.15, 0.2) is 65.5 Å². The van der Waals surface area contributed by atoms with Crippen LogP contribution in [0, 0.1) is 6.92 Å². The standard InChI is InChI=1S/C25H29N5O3/c1-19-18-20(29-14-12-28(2)13-15-29)8-9-22(19)26-25(32)23-10-11-24(31)30(27-23)16-17-33-21-6-4-3-5-7-21/h3-11,18H,12-17H2,1-2H3,(H,26,32). The molecule has 1 aliphatic rings. The Bertz CT molecular complexity index is 1150. The summed E-state index contributed by atoms with van der Waals surface area (Å²) in [4.78, 5) is 29.6. The lowest BCUT2D eigenvalue weighted by molar-refractivity contribution is 0.101. The zero-order chi connectivity index (χ0) is 23.2. The molecule has 33 heavy (non-hydrogen) atoms. The van der Waals surface area contributed by atoms with Crippen LogP contribution in [-0.4, -0.2) is 60.4 Å². The molecular weight excluding hydrogens is 418 g/mol. The Morgan fingerprint density at radius 3 is 2.52 bits per heavy atom. The summed E-state index contributed by atoms with van der Waals surface area (Å²) in [7, 11) is 2.13. The topological polar surface area (TPSA) is 79.7 Å². The molecule has 1 fully saturated rings. The summed E-state index contributed by atoms with van der Waals surface area (Å²) in [5.74, 6) is 0.359. The molecule has 2 heterocycles. The number of piperazine rings is 1. The van der Waals surface area contributed by atoms with Gasteiger partial charge in [-0.3, -0.25) is 9.59 Å². The molecule has 1 saturated heterocycles. The van der Waals surface area contributed by atoms with Crippen molar-refractivity contribution < 1.29 is 9.53 Å². The Morgan fingerprint density at radius 1 is 1.03 bits per heavy atom. The van der Waals surface area contributed by atoms with Crippen molar-refractivity contribution in [1.82, 2.24) is 14.7 Å². The fraction of sp³-hybridized carbons (Fsp3) is 0.320. The summed E-state index contributed by atoms with van der Waals surface area (Å²) in [5, 5.41) is 7.14. The highest BCUT2D eigenvalue weighted by Gasteiger charge is 2.16. The number of likely N-dealkylation sites (N-methyl/N-ethyl adjacent to an activating group) is 1. The minimum atomic E-state index is -0.358. The summed E-state index contributed by atoms with van der Waals surface area (Å²) < 4.78 is 6.89. The van der Waals surface area contributed by atoms with Gasteiger partial charge in [0.15, 0.2) is 0 Å². The van der Waals surface area contributed by atoms with Crippen LogP contribution in [0.25, 0.3) is 0 Å². The molecule has 0 unspecified atom stereocenters. The van der Waals surface area contributed by atoms with Crippen molar-refractivity contribution >= 4 is 17.3 Å². The molecule has 1 amide bonds. The number of carbonyl (C=O) groups excluding carboxylic acids is 1. The number of nitrogens with zero attached hydrogens (tertiary/aromatic N) is 4. The largest absolute Gasteiger partial charge is 0.492 e. The fourth-order valence-corrected chi connectivity index (χ4v) is 3.73. The molecule has 8 heteroatoms. The van der Waals surface area contributed by atoms with Crippen LogP contribution in [0.5, 0.6) is 5.75 Å². The number of anilines is 2. The second-order valence-corrected chi connectivity index (χ2v) is 8.19. The van der Waals surface area contributed by atoms with E-state index in [1.54, 1.807) is 0 Å². The molecule has 172 valence electrons. The lowest BCUT2D eigenvalue weighted by Gasteiger charge is -2.34. The maximum Gasteiger partial charge on any atom is 0.276 e. The van der Waals surface area contributed by atoms with Gasteiger partial charge in [-0.1, -0.05) is 18.2 Å². The predicted octanol–water partition coefficient (Wildman–Crippen LogP) is 2.63. The predicted molar refractivity (Wildman–Crippen MR) is 129 cm³/mol. The lowest BCUT2D eigenvalue weighted by atomic mass is 10.1. The van der Waals surface area contributed by atoms with Crippen molar-refractivity contribution in [3.8, 4) is 5.75 Å².